The fraction of sp³-hybridized carbons (Fsp3) is 0.0870. The SMILES string of the molecule is CCCCn1nc2c(-c3ccc(N(c4ccccc4)c4ccccc4)cc3)c(N)c(N=S)c(-c3ccc(N(c4ccccc4)c4ccccc4)cc3)c2n1. The molecule has 7 aromatic carbocycles. The molecule has 0 amide bonds. The molecule has 0 spiro atoms. The predicted octanol–water partition coefficient (Wildman–Crippen LogP) is 12.4. The molecular weight excluding hydrogens is 683 g/mol. The van der Waals surface area contributed by atoms with Crippen LogP contribution in [0.2, 0.25) is 0 Å². The Bertz CT molecular complexity index is 2410. The first-order chi connectivity index (χ1) is 26.6. The Morgan fingerprint density at radius 3 is 1.24 bits per heavy atom. The molecule has 0 atom stereocenters. The van der Waals surface area contributed by atoms with Crippen molar-refractivity contribution in [2.45, 2.75) is 26.3 Å². The minimum absolute atomic E-state index is 0.477. The van der Waals surface area contributed by atoms with Gasteiger partial charge < -0.3 is 15.5 Å². The Morgan fingerprint density at radius 2 is 0.870 bits per heavy atom. The summed E-state index contributed by atoms with van der Waals surface area (Å²) in [6.07, 6.45) is 1.97. The number of para-hydroxylation sites is 4. The number of nitrogens with two attached hydrogens (primary N) is 1. The van der Waals surface area contributed by atoms with E-state index in [4.69, 9.17) is 28.4 Å². The maximum absolute atomic E-state index is 7.09. The highest BCUT2D eigenvalue weighted by Gasteiger charge is 2.25. The number of benzene rings is 7. The molecule has 2 N–H and O–H groups in total. The normalized spacial score (nSPS) is 11.1. The lowest BCUT2D eigenvalue weighted by atomic mass is 9.93. The second kappa shape index (κ2) is 15.5. The summed E-state index contributed by atoms with van der Waals surface area (Å²) in [5.41, 5.74) is 19.2. The predicted molar refractivity (Wildman–Crippen MR) is 227 cm³/mol. The molecule has 0 radical (unpaired) electrons. The molecule has 8 rings (SSSR count). The average molecular weight is 722 g/mol. The van der Waals surface area contributed by atoms with Gasteiger partial charge in [0.15, 0.2) is 0 Å². The number of fused-ring (bicyclic) bond motifs is 1. The lowest BCUT2D eigenvalue weighted by molar-refractivity contribution is 0.514. The molecule has 8 heteroatoms. The molecule has 0 fully saturated rings. The van der Waals surface area contributed by atoms with Gasteiger partial charge >= 0.3 is 0 Å². The summed E-state index contributed by atoms with van der Waals surface area (Å²) in [5.74, 6) is 0. The van der Waals surface area contributed by atoms with Crippen molar-refractivity contribution in [1.82, 2.24) is 15.0 Å². The zero-order valence-corrected chi connectivity index (χ0v) is 30.8. The quantitative estimate of drug-likeness (QED) is 0.127. The van der Waals surface area contributed by atoms with E-state index >= 15 is 0 Å². The summed E-state index contributed by atoms with van der Waals surface area (Å²) in [6.45, 7) is 2.85. The van der Waals surface area contributed by atoms with Crippen LogP contribution in [0, 0.1) is 0 Å². The number of nitrogens with zero attached hydrogens (tertiary/aromatic N) is 6. The number of aryl methyl sites for hydroxylation is 1. The van der Waals surface area contributed by atoms with Gasteiger partial charge in [-0.05, 0) is 90.3 Å². The van der Waals surface area contributed by atoms with E-state index < -0.39 is 0 Å². The van der Waals surface area contributed by atoms with Crippen molar-refractivity contribution in [2.75, 3.05) is 15.5 Å². The summed E-state index contributed by atoms with van der Waals surface area (Å²) in [7, 11) is 0. The van der Waals surface area contributed by atoms with E-state index in [1.165, 1.54) is 0 Å². The van der Waals surface area contributed by atoms with Crippen molar-refractivity contribution >= 4 is 69.0 Å². The third-order valence-corrected chi connectivity index (χ3v) is 9.76. The van der Waals surface area contributed by atoms with E-state index in [0.29, 0.717) is 23.4 Å². The van der Waals surface area contributed by atoms with Crippen LogP contribution in [0.4, 0.5) is 45.5 Å². The van der Waals surface area contributed by atoms with Gasteiger partial charge in [-0.25, -0.2) is 0 Å². The van der Waals surface area contributed by atoms with Gasteiger partial charge in [-0.1, -0.05) is 110 Å². The molecule has 0 bridgehead atoms. The lowest BCUT2D eigenvalue weighted by Crippen LogP contribution is -2.09. The first-order valence-electron chi connectivity index (χ1n) is 18.2. The molecule has 0 aliphatic heterocycles. The highest BCUT2D eigenvalue weighted by Crippen LogP contribution is 2.48. The van der Waals surface area contributed by atoms with Crippen LogP contribution >= 0.6 is 0 Å². The van der Waals surface area contributed by atoms with Crippen LogP contribution in [0.1, 0.15) is 19.8 Å². The maximum Gasteiger partial charge on any atom is 0.124 e. The maximum atomic E-state index is 7.09. The van der Waals surface area contributed by atoms with Gasteiger partial charge in [0, 0.05) is 57.7 Å². The van der Waals surface area contributed by atoms with Crippen LogP contribution in [0.25, 0.3) is 33.3 Å². The van der Waals surface area contributed by atoms with Gasteiger partial charge in [0.1, 0.15) is 16.7 Å². The lowest BCUT2D eigenvalue weighted by Gasteiger charge is -2.26. The molecule has 0 aliphatic rings. The van der Waals surface area contributed by atoms with Crippen LogP contribution in [0.3, 0.4) is 0 Å². The second-order valence-electron chi connectivity index (χ2n) is 13.1. The van der Waals surface area contributed by atoms with Crippen molar-refractivity contribution in [3.63, 3.8) is 0 Å². The Balaban J connectivity index is 1.24. The van der Waals surface area contributed by atoms with E-state index in [-0.39, 0.29) is 0 Å². The zero-order chi connectivity index (χ0) is 36.9. The average Bonchev–Trinajstić information content (AvgIpc) is 3.65. The number of anilines is 7. The van der Waals surface area contributed by atoms with Gasteiger partial charge in [0.05, 0.1) is 12.2 Å². The summed E-state index contributed by atoms with van der Waals surface area (Å²) in [5, 5.41) is 10.1. The Morgan fingerprint density at radius 1 is 0.519 bits per heavy atom. The minimum atomic E-state index is 0.477. The fourth-order valence-electron chi connectivity index (χ4n) is 6.99. The summed E-state index contributed by atoms with van der Waals surface area (Å²) >= 11 is 5.48. The number of aromatic nitrogens is 3. The highest BCUT2D eigenvalue weighted by molar-refractivity contribution is 7.47. The minimum Gasteiger partial charge on any atom is -0.396 e. The third kappa shape index (κ3) is 6.71. The summed E-state index contributed by atoms with van der Waals surface area (Å²) in [4.78, 5) is 6.25. The van der Waals surface area contributed by atoms with Gasteiger partial charge in [0.2, 0.25) is 0 Å². The Hall–Kier alpha value is -6.64. The van der Waals surface area contributed by atoms with Crippen molar-refractivity contribution < 1.29 is 0 Å². The molecule has 54 heavy (non-hydrogen) atoms. The van der Waals surface area contributed by atoms with E-state index in [1.54, 1.807) is 4.80 Å². The molecule has 0 aliphatic carbocycles. The van der Waals surface area contributed by atoms with E-state index in [2.05, 4.69) is 167 Å². The van der Waals surface area contributed by atoms with Gasteiger partial charge in [-0.3, -0.25) is 0 Å². The highest BCUT2D eigenvalue weighted by atomic mass is 32.1. The number of unbranched alkanes of at least 4 members (excludes halogenated alkanes) is 1. The van der Waals surface area contributed by atoms with E-state index in [0.717, 1.165) is 74.7 Å². The van der Waals surface area contributed by atoms with Crippen molar-refractivity contribution in [1.29, 1.82) is 0 Å². The topological polar surface area (TPSA) is 75.6 Å². The molecule has 1 aromatic heterocycles. The molecule has 1 heterocycles. The van der Waals surface area contributed by atoms with Crippen molar-refractivity contribution in [3.05, 3.63) is 170 Å². The molecule has 0 saturated carbocycles. The summed E-state index contributed by atoms with van der Waals surface area (Å²) in [6, 6.07) is 58.2. The molecular formula is C46H39N7S. The second-order valence-corrected chi connectivity index (χ2v) is 13.2. The van der Waals surface area contributed by atoms with E-state index in [9.17, 15) is 0 Å². The third-order valence-electron chi connectivity index (χ3n) is 9.58. The van der Waals surface area contributed by atoms with Gasteiger partial charge in [0.25, 0.3) is 0 Å². The molecule has 0 unspecified atom stereocenters. The van der Waals surface area contributed by atoms with Crippen molar-refractivity contribution in [3.8, 4) is 22.3 Å². The largest absolute Gasteiger partial charge is 0.396 e. The van der Waals surface area contributed by atoms with E-state index in [1.807, 2.05) is 24.3 Å². The number of rotatable bonds is 12. The first-order valence-corrected chi connectivity index (χ1v) is 18.6. The fourth-order valence-corrected chi connectivity index (χ4v) is 7.18. The Labute approximate surface area is 321 Å². The number of hydrogen-bond donors (Lipinski definition) is 1. The van der Waals surface area contributed by atoms with Crippen LogP contribution in [-0.4, -0.2) is 15.0 Å². The molecule has 8 aromatic rings. The smallest absolute Gasteiger partial charge is 0.124 e. The van der Waals surface area contributed by atoms with Crippen LogP contribution < -0.4 is 15.5 Å². The molecule has 0 saturated heterocycles. The number of hydrogen-bond acceptors (Lipinski definition) is 7. The van der Waals surface area contributed by atoms with Crippen LogP contribution in [-0.2, 0) is 19.0 Å². The van der Waals surface area contributed by atoms with Crippen molar-refractivity contribution in [2.24, 2.45) is 4.36 Å². The summed E-state index contributed by atoms with van der Waals surface area (Å²) < 4.78 is 4.39. The van der Waals surface area contributed by atoms with Gasteiger partial charge in [-0.15, -0.1) is 0 Å². The monoisotopic (exact) mass is 721 g/mol. The molecule has 7 nitrogen and oxygen atoms in total. The van der Waals surface area contributed by atoms with Crippen LogP contribution in [0.5, 0.6) is 0 Å². The molecule has 264 valence electrons. The zero-order valence-electron chi connectivity index (χ0n) is 30.0. The first kappa shape index (κ1) is 34.4. The number of nitrogen functional groups attached to an aromatic ring is 1. The van der Waals surface area contributed by atoms with Crippen LogP contribution in [0.15, 0.2) is 174 Å². The van der Waals surface area contributed by atoms with Gasteiger partial charge in [-0.2, -0.15) is 19.4 Å². The Kier molecular flexibility index (Phi) is 9.91. The standard InChI is InChI=1S/C46H39N7S/c1-2-3-32-51-48-45-41(33-24-28-39(29-25-33)52(35-16-8-4-9-17-35)36-18-10-5-11-19-36)43(47)44(50-54)42(46(45)49-51)34-26-30-40(31-27-34)53(37-20-12-6-13-21-37)38-22-14-7-15-23-38/h4-31H,2-3,32,47H2,1H3.